The number of nitrogens with zero attached hydrogens (tertiary/aromatic N) is 4. The summed E-state index contributed by atoms with van der Waals surface area (Å²) in [7, 11) is -3.44. The maximum absolute atomic E-state index is 13.2. The average Bonchev–Trinajstić information content (AvgIpc) is 3.22. The molecule has 0 radical (unpaired) electrons. The number of ether oxygens (including phenoxy) is 1. The second-order valence-electron chi connectivity index (χ2n) is 9.01. The van der Waals surface area contributed by atoms with Crippen LogP contribution in [0.2, 0.25) is 0 Å². The van der Waals surface area contributed by atoms with Gasteiger partial charge in [-0.25, -0.2) is 23.2 Å². The third kappa shape index (κ3) is 4.59. The molecule has 4 rings (SSSR count). The van der Waals surface area contributed by atoms with Crippen molar-refractivity contribution < 1.29 is 17.9 Å². The Hall–Kier alpha value is -2.46. The normalized spacial score (nSPS) is 19.5. The van der Waals surface area contributed by atoms with Crippen LogP contribution in [0, 0.1) is 0 Å². The number of amides is 1. The number of aromatic nitrogens is 3. The molecule has 1 amide bonds. The first kappa shape index (κ1) is 21.8. The van der Waals surface area contributed by atoms with Gasteiger partial charge in [0.1, 0.15) is 17.6 Å². The number of aromatic amines is 1. The Balaban J connectivity index is 1.39. The molecule has 2 aromatic rings. The molecule has 1 N–H and O–H groups in total. The molecule has 31 heavy (non-hydrogen) atoms. The molecular weight excluding hydrogens is 418 g/mol. The first-order chi connectivity index (χ1) is 14.6. The summed E-state index contributed by atoms with van der Waals surface area (Å²) in [6.07, 6.45) is 6.37. The fourth-order valence-electron chi connectivity index (χ4n) is 4.10. The number of carbonyl (C=O) groups is 1. The number of hydrogen-bond donors (Lipinski definition) is 1. The molecule has 10 heteroatoms. The van der Waals surface area contributed by atoms with Gasteiger partial charge in [-0.2, -0.15) is 4.31 Å². The fraction of sp³-hybridized carbons (Fsp3) is 0.571. The lowest BCUT2D eigenvalue weighted by Gasteiger charge is -2.36. The average molecular weight is 448 g/mol. The summed E-state index contributed by atoms with van der Waals surface area (Å²) in [4.78, 5) is 25.5. The fourth-order valence-corrected chi connectivity index (χ4v) is 5.95. The molecule has 2 aromatic heterocycles. The van der Waals surface area contributed by atoms with Crippen LogP contribution in [-0.4, -0.2) is 75.7 Å². The van der Waals surface area contributed by atoms with Gasteiger partial charge < -0.3 is 14.6 Å². The zero-order chi connectivity index (χ0) is 22.2. The number of piperidine rings is 1. The Kier molecular flexibility index (Phi) is 5.78. The summed E-state index contributed by atoms with van der Waals surface area (Å²) in [6, 6.07) is 1.94. The highest BCUT2D eigenvalue weighted by Crippen LogP contribution is 2.29. The van der Waals surface area contributed by atoms with Crippen molar-refractivity contribution in [3.8, 4) is 0 Å². The van der Waals surface area contributed by atoms with E-state index in [1.807, 2.05) is 39.1 Å². The SMILES string of the molecule is CC(C)(C)OC(=O)N1CCC(S(=O)(=O)N2CC=C(c3ncnc4[nH]ccc34)CC2)CC1. The molecule has 0 aliphatic carbocycles. The Morgan fingerprint density at radius 1 is 1.19 bits per heavy atom. The van der Waals surface area contributed by atoms with E-state index in [1.54, 1.807) is 9.21 Å². The Labute approximate surface area is 182 Å². The highest BCUT2D eigenvalue weighted by Gasteiger charge is 2.37. The van der Waals surface area contributed by atoms with Gasteiger partial charge in [0.25, 0.3) is 0 Å². The highest BCUT2D eigenvalue weighted by atomic mass is 32.2. The van der Waals surface area contributed by atoms with Crippen LogP contribution in [0.25, 0.3) is 16.6 Å². The number of sulfonamides is 1. The molecule has 0 bridgehead atoms. The largest absolute Gasteiger partial charge is 0.444 e. The standard InChI is InChI=1S/C21H29N5O4S/c1-21(2,3)30-20(27)25-10-7-16(8-11-25)31(28,29)26-12-5-15(6-13-26)18-17-4-9-22-19(17)24-14-23-18/h4-5,9,14,16H,6-8,10-13H2,1-3H3,(H,22,23,24). The monoisotopic (exact) mass is 447 g/mol. The Bertz CT molecular complexity index is 1090. The summed E-state index contributed by atoms with van der Waals surface area (Å²) in [5.41, 5.74) is 2.11. The quantitative estimate of drug-likeness (QED) is 0.775. The minimum atomic E-state index is -3.44. The van der Waals surface area contributed by atoms with Gasteiger partial charge in [-0.1, -0.05) is 6.08 Å². The molecule has 4 heterocycles. The molecule has 0 aromatic carbocycles. The van der Waals surface area contributed by atoms with E-state index in [2.05, 4.69) is 15.0 Å². The van der Waals surface area contributed by atoms with Crippen LogP contribution < -0.4 is 0 Å². The van der Waals surface area contributed by atoms with Crippen LogP contribution in [0.5, 0.6) is 0 Å². The number of fused-ring (bicyclic) bond motifs is 1. The van der Waals surface area contributed by atoms with E-state index in [1.165, 1.54) is 6.33 Å². The number of carbonyl (C=O) groups excluding carboxylic acids is 1. The number of hydrogen-bond acceptors (Lipinski definition) is 6. The van der Waals surface area contributed by atoms with E-state index < -0.39 is 20.9 Å². The number of nitrogens with one attached hydrogen (secondary N) is 1. The second-order valence-corrected chi connectivity index (χ2v) is 11.2. The van der Waals surface area contributed by atoms with Crippen LogP contribution in [0.3, 0.4) is 0 Å². The minimum Gasteiger partial charge on any atom is -0.444 e. The van der Waals surface area contributed by atoms with Gasteiger partial charge >= 0.3 is 6.09 Å². The van der Waals surface area contributed by atoms with Gasteiger partial charge in [0.05, 0.1) is 10.9 Å². The van der Waals surface area contributed by atoms with Gasteiger partial charge in [-0.15, -0.1) is 0 Å². The predicted molar refractivity (Wildman–Crippen MR) is 118 cm³/mol. The highest BCUT2D eigenvalue weighted by molar-refractivity contribution is 7.89. The maximum atomic E-state index is 13.2. The van der Waals surface area contributed by atoms with Crippen LogP contribution in [0.4, 0.5) is 4.79 Å². The molecule has 0 spiro atoms. The molecule has 9 nitrogen and oxygen atoms in total. The van der Waals surface area contributed by atoms with Gasteiger partial charge in [-0.05, 0) is 51.7 Å². The lowest BCUT2D eigenvalue weighted by atomic mass is 10.0. The predicted octanol–water partition coefficient (Wildman–Crippen LogP) is 2.78. The lowest BCUT2D eigenvalue weighted by molar-refractivity contribution is 0.0216. The number of rotatable bonds is 3. The molecule has 1 saturated heterocycles. The van der Waals surface area contributed by atoms with Crippen molar-refractivity contribution in [3.63, 3.8) is 0 Å². The van der Waals surface area contributed by atoms with Gasteiger partial charge in [0, 0.05) is 37.8 Å². The lowest BCUT2D eigenvalue weighted by Crippen LogP contribution is -2.48. The van der Waals surface area contributed by atoms with Crippen LogP contribution in [-0.2, 0) is 14.8 Å². The molecule has 0 atom stereocenters. The second kappa shape index (κ2) is 8.23. The van der Waals surface area contributed by atoms with Crippen molar-refractivity contribution in [2.24, 2.45) is 0 Å². The van der Waals surface area contributed by atoms with Crippen LogP contribution >= 0.6 is 0 Å². The summed E-state index contributed by atoms with van der Waals surface area (Å²) in [5.74, 6) is 0. The molecule has 168 valence electrons. The summed E-state index contributed by atoms with van der Waals surface area (Å²) >= 11 is 0. The van der Waals surface area contributed by atoms with Crippen molar-refractivity contribution in [2.45, 2.75) is 50.9 Å². The van der Waals surface area contributed by atoms with Crippen LogP contribution in [0.15, 0.2) is 24.7 Å². The zero-order valence-corrected chi connectivity index (χ0v) is 19.0. The van der Waals surface area contributed by atoms with Gasteiger partial charge in [0.2, 0.25) is 10.0 Å². The summed E-state index contributed by atoms with van der Waals surface area (Å²) < 4.78 is 33.3. The van der Waals surface area contributed by atoms with Crippen molar-refractivity contribution in [2.75, 3.05) is 26.2 Å². The Morgan fingerprint density at radius 3 is 2.58 bits per heavy atom. The van der Waals surface area contributed by atoms with Crippen molar-refractivity contribution in [1.29, 1.82) is 0 Å². The first-order valence-electron chi connectivity index (χ1n) is 10.6. The number of likely N-dealkylation sites (tertiary alicyclic amines) is 1. The van der Waals surface area contributed by atoms with E-state index in [9.17, 15) is 13.2 Å². The first-order valence-corrected chi connectivity index (χ1v) is 12.1. The third-order valence-electron chi connectivity index (χ3n) is 5.70. The summed E-state index contributed by atoms with van der Waals surface area (Å²) in [6.45, 7) is 7.00. The van der Waals surface area contributed by atoms with Crippen molar-refractivity contribution in [1.82, 2.24) is 24.2 Å². The smallest absolute Gasteiger partial charge is 0.410 e. The molecule has 0 saturated carbocycles. The molecule has 0 unspecified atom stereocenters. The van der Waals surface area contributed by atoms with Gasteiger partial charge in [0.15, 0.2) is 0 Å². The topological polar surface area (TPSA) is 108 Å². The Morgan fingerprint density at radius 2 is 1.94 bits per heavy atom. The molecule has 2 aliphatic heterocycles. The van der Waals surface area contributed by atoms with Gasteiger partial charge in [-0.3, -0.25) is 0 Å². The van der Waals surface area contributed by atoms with E-state index >= 15 is 0 Å². The molecule has 1 fully saturated rings. The molecule has 2 aliphatic rings. The third-order valence-corrected chi connectivity index (χ3v) is 8.07. The van der Waals surface area contributed by atoms with Crippen LogP contribution in [0.1, 0.15) is 45.7 Å². The van der Waals surface area contributed by atoms with E-state index in [-0.39, 0.29) is 6.09 Å². The summed E-state index contributed by atoms with van der Waals surface area (Å²) in [5, 5.41) is 0.469. The number of H-pyrrole nitrogens is 1. The zero-order valence-electron chi connectivity index (χ0n) is 18.2. The minimum absolute atomic E-state index is 0.333. The van der Waals surface area contributed by atoms with Crippen molar-refractivity contribution in [3.05, 3.63) is 30.4 Å². The van der Waals surface area contributed by atoms with E-state index in [0.29, 0.717) is 45.4 Å². The molecular formula is C21H29N5O4S. The van der Waals surface area contributed by atoms with E-state index in [4.69, 9.17) is 4.74 Å². The van der Waals surface area contributed by atoms with Crippen molar-refractivity contribution >= 4 is 32.7 Å². The van der Waals surface area contributed by atoms with E-state index in [0.717, 1.165) is 22.3 Å². The maximum Gasteiger partial charge on any atom is 0.410 e.